The molecule has 3 aromatic heterocycles. The van der Waals surface area contributed by atoms with E-state index in [0.717, 1.165) is 22.5 Å². The van der Waals surface area contributed by atoms with Gasteiger partial charge in [0.25, 0.3) is 0 Å². The van der Waals surface area contributed by atoms with Gasteiger partial charge >= 0.3 is 0 Å². The molecule has 0 fully saturated rings. The third-order valence-electron chi connectivity index (χ3n) is 6.26. The Balaban J connectivity index is 0.000000179. The first-order valence-electron chi connectivity index (χ1n) is 11.4. The molecule has 2 aromatic carbocycles. The number of pyridine rings is 3. The van der Waals surface area contributed by atoms with Gasteiger partial charge in [-0.1, -0.05) is 56.3 Å². The van der Waals surface area contributed by atoms with Crippen molar-refractivity contribution in [3.63, 3.8) is 0 Å². The zero-order valence-corrected chi connectivity index (χ0v) is 22.3. The SMILES string of the molecule is CC1(C)c2ccccc2-c2cc(-c3[c-]cncc3)ncc21.Cc1ccc(-c2[c-]cccc2)nc1.[Ir]. The predicted molar refractivity (Wildman–Crippen MR) is 137 cm³/mol. The summed E-state index contributed by atoms with van der Waals surface area (Å²) >= 11 is 0. The number of fused-ring (bicyclic) bond motifs is 3. The Hall–Kier alpha value is -3.46. The van der Waals surface area contributed by atoms with Crippen molar-refractivity contribution < 1.29 is 20.1 Å². The summed E-state index contributed by atoms with van der Waals surface area (Å²) in [5.41, 5.74) is 10.4. The molecule has 0 amide bonds. The van der Waals surface area contributed by atoms with E-state index in [2.05, 4.69) is 77.3 Å². The Morgan fingerprint density at radius 3 is 2.20 bits per heavy atom. The maximum Gasteiger partial charge on any atom is 0.0190 e. The average Bonchev–Trinajstić information content (AvgIpc) is 3.12. The van der Waals surface area contributed by atoms with Crippen molar-refractivity contribution >= 4 is 0 Å². The topological polar surface area (TPSA) is 38.7 Å². The summed E-state index contributed by atoms with van der Waals surface area (Å²) in [4.78, 5) is 13.0. The van der Waals surface area contributed by atoms with Crippen LogP contribution in [-0.2, 0) is 25.5 Å². The molecule has 0 saturated heterocycles. The van der Waals surface area contributed by atoms with Crippen molar-refractivity contribution in [3.8, 4) is 33.6 Å². The van der Waals surface area contributed by atoms with Gasteiger partial charge in [0.05, 0.1) is 0 Å². The van der Waals surface area contributed by atoms with E-state index in [1.54, 1.807) is 12.4 Å². The van der Waals surface area contributed by atoms with Crippen LogP contribution < -0.4 is 0 Å². The van der Waals surface area contributed by atoms with Crippen LogP contribution in [0.4, 0.5) is 0 Å². The Morgan fingerprint density at radius 1 is 0.714 bits per heavy atom. The number of nitrogens with zero attached hydrogens (tertiary/aromatic N) is 3. The maximum absolute atomic E-state index is 4.64. The first-order chi connectivity index (χ1) is 16.5. The van der Waals surface area contributed by atoms with Crippen molar-refractivity contribution in [1.29, 1.82) is 0 Å². The molecule has 3 heterocycles. The molecule has 6 rings (SSSR count). The summed E-state index contributed by atoms with van der Waals surface area (Å²) in [6, 6.07) is 31.0. The summed E-state index contributed by atoms with van der Waals surface area (Å²) in [6.07, 6.45) is 7.34. The van der Waals surface area contributed by atoms with Crippen molar-refractivity contribution in [2.45, 2.75) is 26.2 Å². The fraction of sp³-hybridized carbons (Fsp3) is 0.129. The minimum absolute atomic E-state index is 0. The van der Waals surface area contributed by atoms with E-state index >= 15 is 0 Å². The first-order valence-corrected chi connectivity index (χ1v) is 11.4. The second-order valence-electron chi connectivity index (χ2n) is 8.93. The molecule has 1 aliphatic rings. The molecular formula is C31H25IrN3-2. The fourth-order valence-corrected chi connectivity index (χ4v) is 4.39. The number of hydrogen-bond donors (Lipinski definition) is 0. The molecule has 0 aliphatic heterocycles. The molecule has 0 unspecified atom stereocenters. The minimum Gasteiger partial charge on any atom is -0.320 e. The van der Waals surface area contributed by atoms with Crippen molar-refractivity contribution in [2.24, 2.45) is 0 Å². The summed E-state index contributed by atoms with van der Waals surface area (Å²) < 4.78 is 0. The van der Waals surface area contributed by atoms with Gasteiger partial charge in [0.1, 0.15) is 0 Å². The Bertz CT molecular complexity index is 1410. The van der Waals surface area contributed by atoms with E-state index in [0.29, 0.717) is 0 Å². The van der Waals surface area contributed by atoms with Crippen LogP contribution in [-0.4, -0.2) is 15.0 Å². The summed E-state index contributed by atoms with van der Waals surface area (Å²) in [5, 5.41) is 0. The molecule has 0 saturated carbocycles. The van der Waals surface area contributed by atoms with Crippen LogP contribution in [0.1, 0.15) is 30.5 Å². The van der Waals surface area contributed by atoms with Gasteiger partial charge in [0.15, 0.2) is 0 Å². The van der Waals surface area contributed by atoms with E-state index < -0.39 is 0 Å². The summed E-state index contributed by atoms with van der Waals surface area (Å²) in [7, 11) is 0. The van der Waals surface area contributed by atoms with Gasteiger partial charge in [-0.05, 0) is 58.5 Å². The molecule has 0 N–H and O–H groups in total. The third-order valence-corrected chi connectivity index (χ3v) is 6.26. The first kappa shape index (κ1) is 24.7. The van der Waals surface area contributed by atoms with E-state index in [-0.39, 0.29) is 25.5 Å². The van der Waals surface area contributed by atoms with Crippen LogP contribution in [0, 0.1) is 19.1 Å². The molecule has 5 aromatic rings. The average molecular weight is 632 g/mol. The molecule has 35 heavy (non-hydrogen) atoms. The molecule has 0 atom stereocenters. The second-order valence-corrected chi connectivity index (χ2v) is 8.93. The van der Waals surface area contributed by atoms with E-state index in [4.69, 9.17) is 0 Å². The van der Waals surface area contributed by atoms with Crippen LogP contribution in [0.2, 0.25) is 0 Å². The van der Waals surface area contributed by atoms with Crippen molar-refractivity contribution in [1.82, 2.24) is 15.0 Å². The van der Waals surface area contributed by atoms with E-state index in [9.17, 15) is 0 Å². The quantitative estimate of drug-likeness (QED) is 0.195. The number of rotatable bonds is 2. The van der Waals surface area contributed by atoms with Crippen LogP contribution in [0.3, 0.4) is 0 Å². The van der Waals surface area contributed by atoms with Gasteiger partial charge < -0.3 is 9.97 Å². The number of aryl methyl sites for hydroxylation is 1. The second kappa shape index (κ2) is 10.4. The number of hydrogen-bond acceptors (Lipinski definition) is 3. The molecule has 4 heteroatoms. The molecule has 1 radical (unpaired) electrons. The van der Waals surface area contributed by atoms with Gasteiger partial charge in [-0.2, -0.15) is 11.6 Å². The Kier molecular flexibility index (Phi) is 7.35. The minimum atomic E-state index is 0. The van der Waals surface area contributed by atoms with Gasteiger partial charge in [0, 0.05) is 37.9 Å². The fourth-order valence-electron chi connectivity index (χ4n) is 4.39. The standard InChI is InChI=1S/C19H15N2.C12H10N.Ir/c1-19(2)16-6-4-3-5-14(16)15-11-18(21-12-17(15)19)13-7-9-20-10-8-13;1-10-7-8-12(13-9-10)11-5-3-2-4-6-11;/h3-7,9-12H,1-2H3;2-5,7-9H,1H3;/q2*-1;. The Morgan fingerprint density at radius 2 is 1.49 bits per heavy atom. The summed E-state index contributed by atoms with van der Waals surface area (Å²) in [5.74, 6) is 0. The molecule has 0 bridgehead atoms. The Labute approximate surface area is 220 Å². The predicted octanol–water partition coefficient (Wildman–Crippen LogP) is 7.10. The zero-order valence-electron chi connectivity index (χ0n) is 19.9. The normalized spacial score (nSPS) is 12.4. The molecule has 1 aliphatic carbocycles. The zero-order chi connectivity index (χ0) is 23.5. The monoisotopic (exact) mass is 632 g/mol. The third kappa shape index (κ3) is 5.00. The van der Waals surface area contributed by atoms with Gasteiger partial charge in [-0.3, -0.25) is 4.98 Å². The van der Waals surface area contributed by atoms with Crippen LogP contribution in [0.15, 0.2) is 97.6 Å². The van der Waals surface area contributed by atoms with Crippen LogP contribution in [0.5, 0.6) is 0 Å². The number of aromatic nitrogens is 3. The van der Waals surface area contributed by atoms with E-state index in [1.807, 2.05) is 55.7 Å². The van der Waals surface area contributed by atoms with E-state index in [1.165, 1.54) is 27.8 Å². The van der Waals surface area contributed by atoms with Crippen molar-refractivity contribution in [2.75, 3.05) is 0 Å². The van der Waals surface area contributed by atoms with Gasteiger partial charge in [-0.15, -0.1) is 42.0 Å². The van der Waals surface area contributed by atoms with Crippen LogP contribution in [0.25, 0.3) is 33.6 Å². The van der Waals surface area contributed by atoms with Crippen molar-refractivity contribution in [3.05, 3.63) is 126 Å². The smallest absolute Gasteiger partial charge is 0.0190 e. The van der Waals surface area contributed by atoms with Gasteiger partial charge in [-0.25, -0.2) is 0 Å². The molecule has 175 valence electrons. The van der Waals surface area contributed by atoms with Crippen LogP contribution >= 0.6 is 0 Å². The number of benzene rings is 2. The van der Waals surface area contributed by atoms with Gasteiger partial charge in [0.2, 0.25) is 0 Å². The largest absolute Gasteiger partial charge is 0.320 e. The molecular weight excluding hydrogens is 607 g/mol. The maximum atomic E-state index is 4.64. The molecule has 3 nitrogen and oxygen atoms in total. The molecule has 0 spiro atoms. The summed E-state index contributed by atoms with van der Waals surface area (Å²) in [6.45, 7) is 6.56.